The average molecular weight is 1800 g/mol. The fraction of sp³-hybridized carbons (Fsp3) is 0.917. The number of aromatic nitrogens is 9. The first kappa shape index (κ1) is 113. The topological polar surface area (TPSA) is 181 Å². The van der Waals surface area contributed by atoms with Gasteiger partial charge in [-0.2, -0.15) is 44.9 Å². The molecule has 129 heavy (non-hydrogen) atoms. The first-order valence-corrected chi connectivity index (χ1v) is 53.8. The smallest absolute Gasteiger partial charge is 0.232 e. The summed E-state index contributed by atoms with van der Waals surface area (Å²) in [5, 5.41) is 11.7. The van der Waals surface area contributed by atoms with E-state index in [9.17, 15) is 0 Å². The predicted molar refractivity (Wildman–Crippen MR) is 560 cm³/mol. The Balaban J connectivity index is 0.000000317. The van der Waals surface area contributed by atoms with Gasteiger partial charge in [0.05, 0.1) is 0 Å². The Morgan fingerprint density at radius 1 is 0.217 bits per heavy atom. The molecule has 2 aliphatic carbocycles. The Hall–Kier alpha value is -4.57. The maximum atomic E-state index is 5.44. The third kappa shape index (κ3) is 40.0. The molecule has 746 valence electrons. The molecule has 0 radical (unpaired) electrons. The standard InChI is InChI=1S/C45H88N8.C43H82N8.C20H39N5/c1-14-18-27-51(28-19-15-2)39-46-40(52(29-20-16-3)30-21-17-4)48-41(47-39)53(38-34-44(9,10)49-45(11,12)35-38)31-25-23-22-24-26-50(13)37-32-42(5,6)36-43(7,8)33-37;1-16-17-23-50(35-29-42(11,12)48-43(13,14)30-35)36-44-32(2)45-37(46-36)51(34-25-38(3,4)31-39(5,6)26-34)24-21-19-18-20-22-49(15)33-27-40(7,8)47-41(9,10)28-33;1-6-10-14-24(15-11-7-2)19-21-18(5)22-20(23-19)25(16-12-8-3)17-13-9-4/h37-38,49H,14-36H2,1-13H3;33-35,47-48H,16-31H2,1-15H3;6-17H2,1-5H3. The van der Waals surface area contributed by atoms with E-state index in [0.717, 1.165) is 189 Å². The molecule has 0 bridgehead atoms. The summed E-state index contributed by atoms with van der Waals surface area (Å²) in [7, 11) is 4.74. The number of nitrogens with one attached hydrogen (secondary N) is 3. The van der Waals surface area contributed by atoms with E-state index in [0.29, 0.717) is 41.0 Å². The normalized spacial score (nSPS) is 19.9. The van der Waals surface area contributed by atoms with Gasteiger partial charge in [0.1, 0.15) is 11.6 Å². The molecule has 3 aliphatic heterocycles. The van der Waals surface area contributed by atoms with Crippen LogP contribution in [0.4, 0.5) is 41.6 Å². The van der Waals surface area contributed by atoms with Crippen LogP contribution in [0, 0.1) is 35.5 Å². The number of nitrogens with zero attached hydrogens (tertiary/aromatic N) is 18. The van der Waals surface area contributed by atoms with E-state index in [1.165, 1.54) is 193 Å². The van der Waals surface area contributed by atoms with Crippen LogP contribution in [0.1, 0.15) is 456 Å². The summed E-state index contributed by atoms with van der Waals surface area (Å²) in [5.74, 6) is 7.87. The predicted octanol–water partition coefficient (Wildman–Crippen LogP) is 25.2. The summed E-state index contributed by atoms with van der Waals surface area (Å²) in [6, 6.07) is 2.53. The second-order valence-corrected chi connectivity index (χ2v) is 48.7. The van der Waals surface area contributed by atoms with Gasteiger partial charge < -0.3 is 60.0 Å². The largest absolute Gasteiger partial charge is 0.341 e. The van der Waals surface area contributed by atoms with Crippen molar-refractivity contribution in [2.75, 3.05) is 133 Å². The maximum Gasteiger partial charge on any atom is 0.232 e. The van der Waals surface area contributed by atoms with Crippen LogP contribution in [-0.2, 0) is 0 Å². The summed E-state index contributed by atoms with van der Waals surface area (Å²) in [6.07, 6.45) is 45.3. The Bertz CT molecular complexity index is 3410. The Labute approximate surface area is 796 Å². The number of hydrogen-bond donors (Lipinski definition) is 3. The fourth-order valence-electron chi connectivity index (χ4n) is 23.9. The van der Waals surface area contributed by atoms with Crippen molar-refractivity contribution in [3.8, 4) is 0 Å². The van der Waals surface area contributed by atoms with Crippen molar-refractivity contribution in [3.63, 3.8) is 0 Å². The molecule has 3 saturated heterocycles. The molecule has 0 aromatic carbocycles. The number of hydrogen-bond acceptors (Lipinski definition) is 21. The zero-order valence-corrected chi connectivity index (χ0v) is 91.0. The molecule has 5 aliphatic rings. The lowest BCUT2D eigenvalue weighted by Crippen LogP contribution is -2.62. The van der Waals surface area contributed by atoms with Crippen LogP contribution >= 0.6 is 0 Å². The van der Waals surface area contributed by atoms with Crippen LogP contribution in [0.25, 0.3) is 0 Å². The highest BCUT2D eigenvalue weighted by atomic mass is 15.4. The Morgan fingerprint density at radius 3 is 0.659 bits per heavy atom. The fourth-order valence-corrected chi connectivity index (χ4v) is 23.9. The van der Waals surface area contributed by atoms with Gasteiger partial charge in [0, 0.05) is 135 Å². The molecule has 5 fully saturated rings. The van der Waals surface area contributed by atoms with E-state index in [2.05, 4.69) is 292 Å². The van der Waals surface area contributed by atoms with E-state index in [4.69, 9.17) is 34.9 Å². The molecule has 8 rings (SSSR count). The van der Waals surface area contributed by atoms with E-state index < -0.39 is 0 Å². The zero-order chi connectivity index (χ0) is 95.8. The van der Waals surface area contributed by atoms with E-state index in [1.54, 1.807) is 0 Å². The molecule has 0 unspecified atom stereocenters. The summed E-state index contributed by atoms with van der Waals surface area (Å²) < 4.78 is 0. The number of rotatable bonds is 53. The van der Waals surface area contributed by atoms with Crippen molar-refractivity contribution in [2.45, 2.75) is 522 Å². The van der Waals surface area contributed by atoms with Crippen molar-refractivity contribution in [1.29, 1.82) is 0 Å². The molecule has 2 saturated carbocycles. The summed E-state index contributed by atoms with van der Waals surface area (Å²) >= 11 is 0. The molecule has 0 atom stereocenters. The number of aryl methyl sites for hydroxylation is 2. The second-order valence-electron chi connectivity index (χ2n) is 48.7. The minimum absolute atomic E-state index is 0.0404. The lowest BCUT2D eigenvalue weighted by Gasteiger charge is -2.50. The lowest BCUT2D eigenvalue weighted by atomic mass is 9.63. The highest BCUT2D eigenvalue weighted by Crippen LogP contribution is 2.50. The van der Waals surface area contributed by atoms with Gasteiger partial charge in [-0.3, -0.25) is 0 Å². The molecule has 21 nitrogen and oxygen atoms in total. The monoisotopic (exact) mass is 1800 g/mol. The highest BCUT2D eigenvalue weighted by molar-refractivity contribution is 5.48. The lowest BCUT2D eigenvalue weighted by molar-refractivity contribution is 0.0348. The first-order chi connectivity index (χ1) is 60.5. The summed E-state index contributed by atoms with van der Waals surface area (Å²) in [4.78, 5) is 68.8. The molecule has 3 aromatic heterocycles. The van der Waals surface area contributed by atoms with Crippen molar-refractivity contribution in [2.24, 2.45) is 21.7 Å². The average Bonchev–Trinajstić information content (AvgIpc) is 0.776. The van der Waals surface area contributed by atoms with Crippen LogP contribution in [-0.4, -0.2) is 217 Å². The quantitative estimate of drug-likeness (QED) is 0.0454. The Kier molecular flexibility index (Phi) is 46.2. The van der Waals surface area contributed by atoms with Gasteiger partial charge in [-0.15, -0.1) is 0 Å². The maximum absolute atomic E-state index is 5.44. The van der Waals surface area contributed by atoms with E-state index >= 15 is 0 Å². The molecule has 21 heteroatoms. The van der Waals surface area contributed by atoms with Crippen molar-refractivity contribution < 1.29 is 0 Å². The third-order valence-electron chi connectivity index (χ3n) is 28.4. The molecule has 0 amide bonds. The van der Waals surface area contributed by atoms with Crippen molar-refractivity contribution >= 4 is 41.6 Å². The van der Waals surface area contributed by atoms with Gasteiger partial charge >= 0.3 is 0 Å². The van der Waals surface area contributed by atoms with Crippen LogP contribution in [0.15, 0.2) is 0 Å². The van der Waals surface area contributed by atoms with E-state index in [1.807, 2.05) is 6.92 Å². The van der Waals surface area contributed by atoms with Crippen molar-refractivity contribution in [3.05, 3.63) is 11.6 Å². The third-order valence-corrected chi connectivity index (χ3v) is 28.4. The van der Waals surface area contributed by atoms with Crippen LogP contribution in [0.3, 0.4) is 0 Å². The molecule has 3 aromatic rings. The van der Waals surface area contributed by atoms with Gasteiger partial charge in [-0.05, 0) is 306 Å². The second kappa shape index (κ2) is 52.7. The minimum atomic E-state index is 0.0404. The van der Waals surface area contributed by atoms with E-state index in [-0.39, 0.29) is 44.1 Å². The highest BCUT2D eigenvalue weighted by Gasteiger charge is 2.47. The molecule has 0 spiro atoms. The van der Waals surface area contributed by atoms with Crippen LogP contribution in [0.5, 0.6) is 0 Å². The van der Waals surface area contributed by atoms with Gasteiger partial charge in [0.25, 0.3) is 0 Å². The first-order valence-electron chi connectivity index (χ1n) is 53.8. The van der Waals surface area contributed by atoms with Crippen molar-refractivity contribution in [1.82, 2.24) is 70.6 Å². The number of anilines is 7. The van der Waals surface area contributed by atoms with Crippen LogP contribution in [0.2, 0.25) is 0 Å². The van der Waals surface area contributed by atoms with Gasteiger partial charge in [-0.1, -0.05) is 201 Å². The molecular formula is C108H209N21. The SMILES string of the molecule is CCCCN(CCCC)c1nc(C)nc(N(CCCC)CCCC)n1.CCCCN(CCCC)c1nc(N(CCCC)CCCC)nc(N(CCCCCCN(C)C2CC(C)(C)CC(C)(C)C2)C2CC(C)(C)NC(C)(C)C2)n1.CCCCN(c1nc(C)nc(N(CCCCCCN(C)C2CC(C)(C)NC(C)(C)C2)C2CC(C)(C)CC(C)(C)C2)n1)C1CC(C)(C)NC(C)(C)C1. The summed E-state index contributed by atoms with van der Waals surface area (Å²) in [6.45, 7) is 86.1. The molecule has 6 heterocycles. The zero-order valence-electron chi connectivity index (χ0n) is 91.0. The summed E-state index contributed by atoms with van der Waals surface area (Å²) in [5.41, 5.74) is 2.02. The molecular weight excluding hydrogens is 1590 g/mol. The Morgan fingerprint density at radius 2 is 0.395 bits per heavy atom. The molecule has 3 N–H and O–H groups in total. The minimum Gasteiger partial charge on any atom is -0.341 e. The number of unbranched alkanes of at least 4 members (excludes halogenated alkanes) is 15. The van der Waals surface area contributed by atoms with Crippen LogP contribution < -0.4 is 50.2 Å². The van der Waals surface area contributed by atoms with Gasteiger partial charge in [0.15, 0.2) is 0 Å². The number of piperidine rings is 3. The van der Waals surface area contributed by atoms with Gasteiger partial charge in [0.2, 0.25) is 41.6 Å². The van der Waals surface area contributed by atoms with Gasteiger partial charge in [-0.25, -0.2) is 0 Å².